The molecule has 3 rings (SSSR count). The molecule has 0 fully saturated rings. The van der Waals surface area contributed by atoms with Gasteiger partial charge in [0.05, 0.1) is 4.70 Å². The topological polar surface area (TPSA) is 63.6 Å². The number of carboxylic acids is 1. The second kappa shape index (κ2) is 5.77. The molecule has 2 aromatic carbocycles. The zero-order valence-corrected chi connectivity index (χ0v) is 12.8. The van der Waals surface area contributed by atoms with Crippen LogP contribution in [0, 0.1) is 0 Å². The van der Waals surface area contributed by atoms with Crippen molar-refractivity contribution in [3.8, 4) is 5.75 Å². The Labute approximate surface area is 130 Å². The first-order valence-corrected chi connectivity index (χ1v) is 7.75. The SMILES string of the molecule is CCc1ccc(OCC(=O)O)c2sc3ccccc3c(=O)c12. The van der Waals surface area contributed by atoms with Gasteiger partial charge in [0.25, 0.3) is 0 Å². The van der Waals surface area contributed by atoms with E-state index in [1.54, 1.807) is 6.07 Å². The lowest BCUT2D eigenvalue weighted by molar-refractivity contribution is -0.139. The molecule has 3 aromatic rings. The number of aryl methyl sites for hydroxylation is 1. The Morgan fingerprint density at radius 2 is 2.00 bits per heavy atom. The van der Waals surface area contributed by atoms with E-state index in [9.17, 15) is 9.59 Å². The number of aliphatic carboxylic acids is 1. The van der Waals surface area contributed by atoms with E-state index >= 15 is 0 Å². The van der Waals surface area contributed by atoms with E-state index in [0.29, 0.717) is 21.2 Å². The van der Waals surface area contributed by atoms with E-state index in [1.165, 1.54) is 11.3 Å². The number of hydrogen-bond donors (Lipinski definition) is 1. The minimum Gasteiger partial charge on any atom is -0.480 e. The summed E-state index contributed by atoms with van der Waals surface area (Å²) in [6.45, 7) is 1.57. The summed E-state index contributed by atoms with van der Waals surface area (Å²) in [5, 5.41) is 10.1. The molecular formula is C17H14O4S. The molecule has 0 saturated carbocycles. The molecule has 0 aliphatic carbocycles. The van der Waals surface area contributed by atoms with E-state index in [2.05, 4.69) is 0 Å². The summed E-state index contributed by atoms with van der Waals surface area (Å²) in [4.78, 5) is 23.5. The molecule has 0 atom stereocenters. The summed E-state index contributed by atoms with van der Waals surface area (Å²) in [6.07, 6.45) is 0.732. The number of benzene rings is 2. The van der Waals surface area contributed by atoms with Crippen molar-refractivity contribution in [3.63, 3.8) is 0 Å². The van der Waals surface area contributed by atoms with Crippen molar-refractivity contribution >= 4 is 37.5 Å². The maximum Gasteiger partial charge on any atom is 0.341 e. The molecule has 5 heteroatoms. The monoisotopic (exact) mass is 314 g/mol. The van der Waals surface area contributed by atoms with Crippen molar-refractivity contribution in [2.24, 2.45) is 0 Å². The highest BCUT2D eigenvalue weighted by Crippen LogP contribution is 2.34. The van der Waals surface area contributed by atoms with Crippen molar-refractivity contribution in [3.05, 3.63) is 52.2 Å². The molecule has 0 saturated heterocycles. The van der Waals surface area contributed by atoms with E-state index in [4.69, 9.17) is 9.84 Å². The second-order valence-corrected chi connectivity index (χ2v) is 5.94. The highest BCUT2D eigenvalue weighted by Gasteiger charge is 2.14. The van der Waals surface area contributed by atoms with Gasteiger partial charge in [0.15, 0.2) is 12.0 Å². The van der Waals surface area contributed by atoms with Gasteiger partial charge in [-0.05, 0) is 30.2 Å². The number of carboxylic acid groups (broad SMARTS) is 1. The van der Waals surface area contributed by atoms with Crippen molar-refractivity contribution in [1.82, 2.24) is 0 Å². The van der Waals surface area contributed by atoms with Crippen LogP contribution in [0.5, 0.6) is 5.75 Å². The van der Waals surface area contributed by atoms with Gasteiger partial charge < -0.3 is 9.84 Å². The predicted octanol–water partition coefficient (Wildman–Crippen LogP) is 3.44. The molecule has 1 heterocycles. The van der Waals surface area contributed by atoms with Crippen LogP contribution < -0.4 is 10.2 Å². The number of fused-ring (bicyclic) bond motifs is 2. The molecule has 112 valence electrons. The van der Waals surface area contributed by atoms with E-state index in [1.807, 2.05) is 37.3 Å². The van der Waals surface area contributed by atoms with Crippen LogP contribution in [0.4, 0.5) is 0 Å². The summed E-state index contributed by atoms with van der Waals surface area (Å²) < 4.78 is 6.94. The van der Waals surface area contributed by atoms with E-state index in [0.717, 1.165) is 16.7 Å². The lowest BCUT2D eigenvalue weighted by Gasteiger charge is -2.10. The number of rotatable bonds is 4. The molecule has 0 radical (unpaired) electrons. The van der Waals surface area contributed by atoms with Crippen LogP contribution >= 0.6 is 11.3 Å². The molecular weight excluding hydrogens is 300 g/mol. The smallest absolute Gasteiger partial charge is 0.341 e. The first-order chi connectivity index (χ1) is 10.6. The lowest BCUT2D eigenvalue weighted by atomic mass is 10.1. The molecule has 0 spiro atoms. The van der Waals surface area contributed by atoms with Gasteiger partial charge >= 0.3 is 5.97 Å². The van der Waals surface area contributed by atoms with Crippen LogP contribution in [0.1, 0.15) is 12.5 Å². The van der Waals surface area contributed by atoms with Gasteiger partial charge in [-0.15, -0.1) is 11.3 Å². The van der Waals surface area contributed by atoms with Crippen molar-refractivity contribution in [2.45, 2.75) is 13.3 Å². The summed E-state index contributed by atoms with van der Waals surface area (Å²) >= 11 is 1.46. The van der Waals surface area contributed by atoms with Crippen LogP contribution in [0.2, 0.25) is 0 Å². The molecule has 0 aliphatic heterocycles. The molecule has 0 aliphatic rings. The Morgan fingerprint density at radius 3 is 2.73 bits per heavy atom. The van der Waals surface area contributed by atoms with Crippen LogP contribution in [-0.2, 0) is 11.2 Å². The zero-order valence-electron chi connectivity index (χ0n) is 12.0. The van der Waals surface area contributed by atoms with E-state index < -0.39 is 12.6 Å². The highest BCUT2D eigenvalue weighted by molar-refractivity contribution is 7.24. The van der Waals surface area contributed by atoms with Crippen LogP contribution in [0.25, 0.3) is 20.2 Å². The standard InChI is InChI=1S/C17H14O4S/c1-2-10-7-8-12(21-9-14(18)19)17-15(10)16(20)11-5-3-4-6-13(11)22-17/h3-8H,2,9H2,1H3,(H,18,19). The third-order valence-electron chi connectivity index (χ3n) is 3.51. The zero-order chi connectivity index (χ0) is 15.7. The summed E-state index contributed by atoms with van der Waals surface area (Å²) in [7, 11) is 0. The average Bonchev–Trinajstić information content (AvgIpc) is 2.52. The second-order valence-electron chi connectivity index (χ2n) is 4.89. The molecule has 0 unspecified atom stereocenters. The summed E-state index contributed by atoms with van der Waals surface area (Å²) in [5.74, 6) is -0.594. The van der Waals surface area contributed by atoms with Gasteiger partial charge in [-0.2, -0.15) is 0 Å². The number of ether oxygens (including phenoxy) is 1. The maximum absolute atomic E-state index is 12.8. The third kappa shape index (κ3) is 2.44. The summed E-state index contributed by atoms with van der Waals surface area (Å²) in [6, 6.07) is 11.0. The molecule has 1 N–H and O–H groups in total. The fourth-order valence-electron chi connectivity index (χ4n) is 2.49. The lowest BCUT2D eigenvalue weighted by Crippen LogP contribution is -2.11. The molecule has 22 heavy (non-hydrogen) atoms. The van der Waals surface area contributed by atoms with Gasteiger partial charge in [0, 0.05) is 15.5 Å². The van der Waals surface area contributed by atoms with Crippen molar-refractivity contribution in [1.29, 1.82) is 0 Å². The highest BCUT2D eigenvalue weighted by atomic mass is 32.1. The Morgan fingerprint density at radius 1 is 1.23 bits per heavy atom. The molecule has 4 nitrogen and oxygen atoms in total. The first kappa shape index (κ1) is 14.5. The van der Waals surface area contributed by atoms with Gasteiger partial charge in [0.1, 0.15) is 5.75 Å². The fourth-order valence-corrected chi connectivity index (χ4v) is 3.68. The largest absolute Gasteiger partial charge is 0.480 e. The quantitative estimate of drug-likeness (QED) is 0.749. The third-order valence-corrected chi connectivity index (χ3v) is 4.70. The van der Waals surface area contributed by atoms with Crippen LogP contribution in [0.3, 0.4) is 0 Å². The minimum absolute atomic E-state index is 0.0259. The minimum atomic E-state index is -1.04. The number of carbonyl (C=O) groups is 1. The normalized spacial score (nSPS) is 11.0. The first-order valence-electron chi connectivity index (χ1n) is 6.94. The van der Waals surface area contributed by atoms with Crippen LogP contribution in [-0.4, -0.2) is 17.7 Å². The Hall–Kier alpha value is -2.40. The molecule has 0 amide bonds. The predicted molar refractivity (Wildman–Crippen MR) is 88.1 cm³/mol. The Kier molecular flexibility index (Phi) is 3.81. The van der Waals surface area contributed by atoms with E-state index in [-0.39, 0.29) is 5.43 Å². The number of hydrogen-bond acceptors (Lipinski definition) is 4. The molecule has 0 bridgehead atoms. The van der Waals surface area contributed by atoms with Gasteiger partial charge in [-0.3, -0.25) is 4.79 Å². The van der Waals surface area contributed by atoms with Crippen molar-refractivity contribution < 1.29 is 14.6 Å². The average molecular weight is 314 g/mol. The van der Waals surface area contributed by atoms with Gasteiger partial charge in [0.2, 0.25) is 0 Å². The van der Waals surface area contributed by atoms with Crippen molar-refractivity contribution in [2.75, 3.05) is 6.61 Å². The summed E-state index contributed by atoms with van der Waals surface area (Å²) in [5.41, 5.74) is 0.923. The van der Waals surface area contributed by atoms with Gasteiger partial charge in [-0.25, -0.2) is 4.79 Å². The van der Waals surface area contributed by atoms with Crippen LogP contribution in [0.15, 0.2) is 41.2 Å². The molecule has 1 aromatic heterocycles. The Balaban J connectivity index is 2.35. The van der Waals surface area contributed by atoms with Gasteiger partial charge in [-0.1, -0.05) is 25.1 Å². The fraction of sp³-hybridized carbons (Fsp3) is 0.176. The maximum atomic E-state index is 12.8. The Bertz CT molecular complexity index is 927.